The van der Waals surface area contributed by atoms with E-state index in [4.69, 9.17) is 16.1 Å². The van der Waals surface area contributed by atoms with Gasteiger partial charge in [0.15, 0.2) is 5.82 Å². The van der Waals surface area contributed by atoms with Crippen molar-refractivity contribution in [2.24, 2.45) is 0 Å². The van der Waals surface area contributed by atoms with E-state index in [1.807, 2.05) is 30.3 Å². The summed E-state index contributed by atoms with van der Waals surface area (Å²) >= 11 is 5.86. The van der Waals surface area contributed by atoms with E-state index < -0.39 is 0 Å². The third kappa shape index (κ3) is 2.65. The van der Waals surface area contributed by atoms with Gasteiger partial charge >= 0.3 is 0 Å². The van der Waals surface area contributed by atoms with Gasteiger partial charge in [-0.3, -0.25) is 0 Å². The zero-order valence-electron chi connectivity index (χ0n) is 10.5. The number of hydrogen-bond donors (Lipinski definition) is 1. The number of phenols is 1. The Morgan fingerprint density at radius 2 is 1.90 bits per heavy atom. The first kappa shape index (κ1) is 12.7. The molecule has 0 spiro atoms. The molecule has 0 unspecified atom stereocenters. The molecule has 1 N–H and O–H groups in total. The molecule has 0 atom stereocenters. The standard InChI is InChI=1S/C15H11ClN2O2/c16-12-9-11(6-7-13(12)19)15-17-14(18-20-15)8-10-4-2-1-3-5-10/h1-7,9,19H,8H2. The Labute approximate surface area is 120 Å². The van der Waals surface area contributed by atoms with Crippen molar-refractivity contribution in [1.82, 2.24) is 10.1 Å². The minimum Gasteiger partial charge on any atom is -0.506 e. The van der Waals surface area contributed by atoms with E-state index >= 15 is 0 Å². The summed E-state index contributed by atoms with van der Waals surface area (Å²) in [6, 6.07) is 14.7. The number of phenolic OH excluding ortho intramolecular Hbond substituents is 1. The molecule has 0 saturated carbocycles. The molecule has 3 rings (SSSR count). The van der Waals surface area contributed by atoms with Gasteiger partial charge in [0, 0.05) is 12.0 Å². The van der Waals surface area contributed by atoms with Crippen LogP contribution >= 0.6 is 11.6 Å². The van der Waals surface area contributed by atoms with E-state index in [-0.39, 0.29) is 10.8 Å². The summed E-state index contributed by atoms with van der Waals surface area (Å²) in [5.74, 6) is 1.02. The van der Waals surface area contributed by atoms with Crippen LogP contribution in [0, 0.1) is 0 Å². The molecule has 0 aliphatic rings. The molecule has 20 heavy (non-hydrogen) atoms. The van der Waals surface area contributed by atoms with Crippen LogP contribution in [0.4, 0.5) is 0 Å². The van der Waals surface area contributed by atoms with Gasteiger partial charge in [0.25, 0.3) is 5.89 Å². The molecule has 0 amide bonds. The molecule has 1 heterocycles. The summed E-state index contributed by atoms with van der Waals surface area (Å²) in [5.41, 5.74) is 1.79. The summed E-state index contributed by atoms with van der Waals surface area (Å²) in [5, 5.41) is 13.6. The lowest BCUT2D eigenvalue weighted by Gasteiger charge is -1.97. The summed E-state index contributed by atoms with van der Waals surface area (Å²) < 4.78 is 5.22. The predicted molar refractivity (Wildman–Crippen MR) is 75.7 cm³/mol. The first-order valence-electron chi connectivity index (χ1n) is 6.08. The van der Waals surface area contributed by atoms with Crippen molar-refractivity contribution in [1.29, 1.82) is 0 Å². The van der Waals surface area contributed by atoms with Gasteiger partial charge in [-0.15, -0.1) is 0 Å². The molecule has 2 aromatic carbocycles. The number of hydrogen-bond acceptors (Lipinski definition) is 4. The highest BCUT2D eigenvalue weighted by Crippen LogP contribution is 2.28. The molecule has 0 radical (unpaired) electrons. The van der Waals surface area contributed by atoms with E-state index in [9.17, 15) is 5.11 Å². The number of aromatic nitrogens is 2. The molecular weight excluding hydrogens is 276 g/mol. The Bertz CT molecular complexity index is 726. The molecule has 4 nitrogen and oxygen atoms in total. The molecule has 0 fully saturated rings. The SMILES string of the molecule is Oc1ccc(-c2nc(Cc3ccccc3)no2)cc1Cl. The van der Waals surface area contributed by atoms with Crippen molar-refractivity contribution in [3.63, 3.8) is 0 Å². The Hall–Kier alpha value is -2.33. The molecule has 0 saturated heterocycles. The summed E-state index contributed by atoms with van der Waals surface area (Å²) in [4.78, 5) is 4.33. The van der Waals surface area contributed by atoms with E-state index in [0.29, 0.717) is 23.7 Å². The maximum atomic E-state index is 9.39. The average molecular weight is 287 g/mol. The van der Waals surface area contributed by atoms with Crippen LogP contribution in [-0.2, 0) is 6.42 Å². The van der Waals surface area contributed by atoms with Crippen LogP contribution in [0.5, 0.6) is 5.75 Å². The second kappa shape index (κ2) is 5.35. The zero-order valence-corrected chi connectivity index (χ0v) is 11.2. The van der Waals surface area contributed by atoms with Crippen LogP contribution in [0.25, 0.3) is 11.5 Å². The summed E-state index contributed by atoms with van der Waals surface area (Å²) in [7, 11) is 0. The minimum absolute atomic E-state index is 0.0273. The third-order valence-corrected chi connectivity index (χ3v) is 3.17. The van der Waals surface area contributed by atoms with Crippen molar-refractivity contribution in [3.05, 3.63) is 64.9 Å². The number of nitrogens with zero attached hydrogens (tertiary/aromatic N) is 2. The van der Waals surface area contributed by atoms with Gasteiger partial charge in [0.05, 0.1) is 5.02 Å². The second-order valence-electron chi connectivity index (χ2n) is 4.34. The largest absolute Gasteiger partial charge is 0.506 e. The van der Waals surface area contributed by atoms with Crippen molar-refractivity contribution < 1.29 is 9.63 Å². The lowest BCUT2D eigenvalue weighted by atomic mass is 10.1. The van der Waals surface area contributed by atoms with Crippen molar-refractivity contribution in [3.8, 4) is 17.2 Å². The molecule has 3 aromatic rings. The lowest BCUT2D eigenvalue weighted by molar-refractivity contribution is 0.423. The van der Waals surface area contributed by atoms with Gasteiger partial charge in [-0.25, -0.2) is 0 Å². The first-order chi connectivity index (χ1) is 9.72. The van der Waals surface area contributed by atoms with E-state index in [0.717, 1.165) is 5.56 Å². The van der Waals surface area contributed by atoms with Crippen LogP contribution in [0.15, 0.2) is 53.1 Å². The lowest BCUT2D eigenvalue weighted by Crippen LogP contribution is -1.90. The smallest absolute Gasteiger partial charge is 0.257 e. The van der Waals surface area contributed by atoms with Crippen LogP contribution < -0.4 is 0 Å². The van der Waals surface area contributed by atoms with Crippen LogP contribution in [-0.4, -0.2) is 15.2 Å². The molecular formula is C15H11ClN2O2. The van der Waals surface area contributed by atoms with Gasteiger partial charge in [0.1, 0.15) is 5.75 Å². The van der Waals surface area contributed by atoms with Crippen LogP contribution in [0.2, 0.25) is 5.02 Å². The first-order valence-corrected chi connectivity index (χ1v) is 6.45. The molecule has 5 heteroatoms. The van der Waals surface area contributed by atoms with Gasteiger partial charge in [-0.2, -0.15) is 4.98 Å². The van der Waals surface area contributed by atoms with E-state index in [1.165, 1.54) is 6.07 Å². The van der Waals surface area contributed by atoms with Gasteiger partial charge in [0.2, 0.25) is 0 Å². The third-order valence-electron chi connectivity index (χ3n) is 2.87. The fourth-order valence-electron chi connectivity index (χ4n) is 1.86. The van der Waals surface area contributed by atoms with E-state index in [1.54, 1.807) is 12.1 Å². The maximum absolute atomic E-state index is 9.39. The molecule has 0 aliphatic carbocycles. The number of halogens is 1. The minimum atomic E-state index is 0.0273. The molecule has 0 bridgehead atoms. The van der Waals surface area contributed by atoms with Crippen molar-refractivity contribution in [2.45, 2.75) is 6.42 Å². The Morgan fingerprint density at radius 1 is 1.10 bits per heavy atom. The molecule has 0 aliphatic heterocycles. The predicted octanol–water partition coefficient (Wildman–Crippen LogP) is 3.69. The second-order valence-corrected chi connectivity index (χ2v) is 4.75. The number of rotatable bonds is 3. The normalized spacial score (nSPS) is 10.7. The summed E-state index contributed by atoms with van der Waals surface area (Å²) in [6.07, 6.45) is 0.607. The topological polar surface area (TPSA) is 59.2 Å². The monoisotopic (exact) mass is 286 g/mol. The van der Waals surface area contributed by atoms with Gasteiger partial charge in [-0.05, 0) is 23.8 Å². The van der Waals surface area contributed by atoms with Crippen molar-refractivity contribution in [2.75, 3.05) is 0 Å². The number of aromatic hydroxyl groups is 1. The van der Waals surface area contributed by atoms with E-state index in [2.05, 4.69) is 10.1 Å². The van der Waals surface area contributed by atoms with Gasteiger partial charge in [-0.1, -0.05) is 47.1 Å². The fraction of sp³-hybridized carbons (Fsp3) is 0.0667. The fourth-order valence-corrected chi connectivity index (χ4v) is 2.04. The van der Waals surface area contributed by atoms with Crippen molar-refractivity contribution >= 4 is 11.6 Å². The highest BCUT2D eigenvalue weighted by Gasteiger charge is 2.11. The Morgan fingerprint density at radius 3 is 2.65 bits per heavy atom. The summed E-state index contributed by atoms with van der Waals surface area (Å²) in [6.45, 7) is 0. The van der Waals surface area contributed by atoms with Crippen LogP contribution in [0.1, 0.15) is 11.4 Å². The zero-order chi connectivity index (χ0) is 13.9. The molecule has 100 valence electrons. The van der Waals surface area contributed by atoms with Gasteiger partial charge < -0.3 is 9.63 Å². The highest BCUT2D eigenvalue weighted by atomic mass is 35.5. The van der Waals surface area contributed by atoms with Crippen LogP contribution in [0.3, 0.4) is 0 Å². The molecule has 1 aromatic heterocycles. The maximum Gasteiger partial charge on any atom is 0.257 e. The quantitative estimate of drug-likeness (QED) is 0.798. The Kier molecular flexibility index (Phi) is 3.39. The Balaban J connectivity index is 1.84. The number of benzene rings is 2. The highest BCUT2D eigenvalue weighted by molar-refractivity contribution is 6.32. The average Bonchev–Trinajstić information content (AvgIpc) is 2.91.